The van der Waals surface area contributed by atoms with E-state index in [0.717, 1.165) is 12.8 Å². The molecule has 0 aromatic heterocycles. The predicted octanol–water partition coefficient (Wildman–Crippen LogP) is 3.71. The summed E-state index contributed by atoms with van der Waals surface area (Å²) in [6, 6.07) is 0. The highest BCUT2D eigenvalue weighted by molar-refractivity contribution is 5.87. The van der Waals surface area contributed by atoms with Crippen LogP contribution in [0.4, 0.5) is 0 Å². The number of esters is 1. The molecule has 0 aromatic rings. The lowest BCUT2D eigenvalue weighted by Gasteiger charge is -2.44. The monoisotopic (exact) mass is 224 g/mol. The molecule has 1 rings (SSSR count). The van der Waals surface area contributed by atoms with Crippen molar-refractivity contribution in [2.24, 2.45) is 10.8 Å². The van der Waals surface area contributed by atoms with Crippen LogP contribution in [0.5, 0.6) is 0 Å². The van der Waals surface area contributed by atoms with Crippen molar-refractivity contribution in [3.8, 4) is 0 Å². The van der Waals surface area contributed by atoms with E-state index in [9.17, 15) is 4.79 Å². The van der Waals surface area contributed by atoms with E-state index >= 15 is 0 Å². The van der Waals surface area contributed by atoms with Crippen LogP contribution in [0.2, 0.25) is 0 Å². The normalized spacial score (nSPS) is 23.8. The van der Waals surface area contributed by atoms with Gasteiger partial charge < -0.3 is 4.74 Å². The van der Waals surface area contributed by atoms with Crippen LogP contribution in [0.15, 0.2) is 12.2 Å². The van der Waals surface area contributed by atoms with Crippen LogP contribution >= 0.6 is 0 Å². The maximum Gasteiger partial charge on any atom is 0.333 e. The lowest BCUT2D eigenvalue weighted by molar-refractivity contribution is -0.150. The molecular formula is C14H24O2. The SMILES string of the molecule is C=C(C)C(=O)OC1CC(C)(C)CC(C)(C)C1. The van der Waals surface area contributed by atoms with Crippen molar-refractivity contribution in [1.82, 2.24) is 0 Å². The maximum atomic E-state index is 11.5. The number of rotatable bonds is 2. The van der Waals surface area contributed by atoms with Gasteiger partial charge in [-0.3, -0.25) is 0 Å². The molecule has 1 fully saturated rings. The Morgan fingerprint density at radius 2 is 1.62 bits per heavy atom. The molecule has 0 unspecified atom stereocenters. The van der Waals surface area contributed by atoms with E-state index in [4.69, 9.17) is 4.74 Å². The molecule has 0 bridgehead atoms. The molecule has 0 N–H and O–H groups in total. The minimum absolute atomic E-state index is 0.0444. The van der Waals surface area contributed by atoms with Crippen LogP contribution < -0.4 is 0 Å². The fraction of sp³-hybridized carbons (Fsp3) is 0.786. The lowest BCUT2D eigenvalue weighted by Crippen LogP contribution is -2.38. The van der Waals surface area contributed by atoms with Crippen molar-refractivity contribution in [3.63, 3.8) is 0 Å². The predicted molar refractivity (Wildman–Crippen MR) is 66.1 cm³/mol. The molecule has 0 amide bonds. The standard InChI is InChI=1S/C14H24O2/c1-10(2)12(15)16-11-7-13(3,4)9-14(5,6)8-11/h11H,1,7-9H2,2-6H3. The highest BCUT2D eigenvalue weighted by atomic mass is 16.5. The van der Waals surface area contributed by atoms with Gasteiger partial charge in [0.2, 0.25) is 0 Å². The van der Waals surface area contributed by atoms with Crippen LogP contribution in [0, 0.1) is 10.8 Å². The second-order valence-electron chi connectivity index (χ2n) is 6.72. The zero-order valence-electron chi connectivity index (χ0n) is 11.2. The summed E-state index contributed by atoms with van der Waals surface area (Å²) in [5, 5.41) is 0. The molecule has 1 aliphatic rings. The molecule has 1 saturated carbocycles. The fourth-order valence-corrected chi connectivity index (χ4v) is 3.08. The van der Waals surface area contributed by atoms with Gasteiger partial charge in [0.05, 0.1) is 0 Å². The van der Waals surface area contributed by atoms with E-state index < -0.39 is 0 Å². The third-order valence-corrected chi connectivity index (χ3v) is 3.14. The van der Waals surface area contributed by atoms with Crippen molar-refractivity contribution in [2.75, 3.05) is 0 Å². The minimum atomic E-state index is -0.251. The van der Waals surface area contributed by atoms with Gasteiger partial charge in [0, 0.05) is 5.57 Å². The van der Waals surface area contributed by atoms with E-state index in [1.807, 2.05) is 0 Å². The van der Waals surface area contributed by atoms with Gasteiger partial charge in [-0.2, -0.15) is 0 Å². The Morgan fingerprint density at radius 1 is 1.19 bits per heavy atom. The first kappa shape index (κ1) is 13.3. The van der Waals surface area contributed by atoms with Crippen molar-refractivity contribution in [1.29, 1.82) is 0 Å². The number of carbonyl (C=O) groups is 1. The van der Waals surface area contributed by atoms with Gasteiger partial charge in [-0.25, -0.2) is 4.79 Å². The zero-order chi connectivity index (χ0) is 12.6. The van der Waals surface area contributed by atoms with Gasteiger partial charge in [0.15, 0.2) is 0 Å². The van der Waals surface area contributed by atoms with Crippen molar-refractivity contribution < 1.29 is 9.53 Å². The molecule has 0 radical (unpaired) electrons. The van der Waals surface area contributed by atoms with Gasteiger partial charge in [0.25, 0.3) is 0 Å². The summed E-state index contributed by atoms with van der Waals surface area (Å²) >= 11 is 0. The second kappa shape index (κ2) is 4.23. The molecule has 2 heteroatoms. The summed E-state index contributed by atoms with van der Waals surface area (Å²) < 4.78 is 5.49. The summed E-state index contributed by atoms with van der Waals surface area (Å²) in [6.07, 6.45) is 3.13. The van der Waals surface area contributed by atoms with Crippen LogP contribution in [0.25, 0.3) is 0 Å². The lowest BCUT2D eigenvalue weighted by atomic mass is 9.64. The first-order valence-electron chi connectivity index (χ1n) is 5.98. The van der Waals surface area contributed by atoms with E-state index in [2.05, 4.69) is 34.3 Å². The van der Waals surface area contributed by atoms with Gasteiger partial charge in [-0.15, -0.1) is 0 Å². The van der Waals surface area contributed by atoms with Crippen molar-refractivity contribution >= 4 is 5.97 Å². The first-order valence-corrected chi connectivity index (χ1v) is 5.98. The van der Waals surface area contributed by atoms with Crippen LogP contribution in [-0.4, -0.2) is 12.1 Å². The molecular weight excluding hydrogens is 200 g/mol. The number of hydrogen-bond donors (Lipinski definition) is 0. The highest BCUT2D eigenvalue weighted by Gasteiger charge is 2.39. The van der Waals surface area contributed by atoms with Gasteiger partial charge in [0.1, 0.15) is 6.10 Å². The third-order valence-electron chi connectivity index (χ3n) is 3.14. The van der Waals surface area contributed by atoms with Gasteiger partial charge in [-0.05, 0) is 37.0 Å². The summed E-state index contributed by atoms with van der Waals surface area (Å²) in [5.74, 6) is -0.251. The van der Waals surface area contributed by atoms with E-state index in [1.54, 1.807) is 6.92 Å². The van der Waals surface area contributed by atoms with Gasteiger partial charge in [-0.1, -0.05) is 34.3 Å². The van der Waals surface area contributed by atoms with Crippen molar-refractivity contribution in [3.05, 3.63) is 12.2 Å². The van der Waals surface area contributed by atoms with Gasteiger partial charge >= 0.3 is 5.97 Å². The molecule has 0 spiro atoms. The third kappa shape index (κ3) is 3.66. The summed E-state index contributed by atoms with van der Waals surface area (Å²) in [7, 11) is 0. The van der Waals surface area contributed by atoms with Crippen molar-refractivity contribution in [2.45, 2.75) is 60.0 Å². The van der Waals surface area contributed by atoms with E-state index in [-0.39, 0.29) is 22.9 Å². The zero-order valence-corrected chi connectivity index (χ0v) is 11.2. The Balaban J connectivity index is 2.68. The van der Waals surface area contributed by atoms with Crippen LogP contribution in [0.1, 0.15) is 53.9 Å². The molecule has 2 nitrogen and oxygen atoms in total. The first-order chi connectivity index (χ1) is 7.11. The molecule has 92 valence electrons. The molecule has 0 saturated heterocycles. The average molecular weight is 224 g/mol. The average Bonchev–Trinajstić information content (AvgIpc) is 1.96. The molecule has 0 aromatic carbocycles. The minimum Gasteiger partial charge on any atom is -0.459 e. The Kier molecular flexibility index (Phi) is 3.51. The Labute approximate surface area is 99.1 Å². The smallest absolute Gasteiger partial charge is 0.333 e. The number of ether oxygens (including phenoxy) is 1. The van der Waals surface area contributed by atoms with Crippen LogP contribution in [0.3, 0.4) is 0 Å². The fourth-order valence-electron chi connectivity index (χ4n) is 3.08. The summed E-state index contributed by atoms with van der Waals surface area (Å²) in [5.41, 5.74) is 0.991. The quantitative estimate of drug-likeness (QED) is 0.528. The van der Waals surface area contributed by atoms with E-state index in [0.29, 0.717) is 5.57 Å². The Bertz CT molecular complexity index is 284. The molecule has 16 heavy (non-hydrogen) atoms. The highest BCUT2D eigenvalue weighted by Crippen LogP contribution is 2.46. The topological polar surface area (TPSA) is 26.3 Å². The molecule has 0 atom stereocenters. The molecule has 0 aliphatic heterocycles. The second-order valence-corrected chi connectivity index (χ2v) is 6.72. The number of carbonyl (C=O) groups excluding carboxylic acids is 1. The summed E-state index contributed by atoms with van der Waals surface area (Å²) in [6.45, 7) is 14.3. The van der Waals surface area contributed by atoms with E-state index in [1.165, 1.54) is 6.42 Å². The number of hydrogen-bond acceptors (Lipinski definition) is 2. The summed E-state index contributed by atoms with van der Waals surface area (Å²) in [4.78, 5) is 11.5. The largest absolute Gasteiger partial charge is 0.459 e. The Hall–Kier alpha value is -0.790. The molecule has 0 heterocycles. The van der Waals surface area contributed by atoms with Crippen LogP contribution in [-0.2, 0) is 9.53 Å². The Morgan fingerprint density at radius 3 is 2.00 bits per heavy atom. The maximum absolute atomic E-state index is 11.5. The molecule has 1 aliphatic carbocycles.